The Hall–Kier alpha value is -2.67. The van der Waals surface area contributed by atoms with E-state index in [1.165, 1.54) is 32.8 Å². The summed E-state index contributed by atoms with van der Waals surface area (Å²) in [5.41, 5.74) is 5.06. The van der Waals surface area contributed by atoms with Crippen molar-refractivity contribution in [2.24, 2.45) is 0 Å². The smallest absolute Gasteiger partial charge is 0.0702 e. The minimum atomic E-state index is 0.448. The van der Waals surface area contributed by atoms with Crippen LogP contribution in [0.15, 0.2) is 72.9 Å². The summed E-state index contributed by atoms with van der Waals surface area (Å²) >= 11 is 0. The molecule has 1 aromatic heterocycles. The van der Waals surface area contributed by atoms with Crippen LogP contribution in [0.4, 0.5) is 0 Å². The molecule has 4 rings (SSSR count). The summed E-state index contributed by atoms with van der Waals surface area (Å²) in [4.78, 5) is 4.61. The van der Waals surface area contributed by atoms with Crippen molar-refractivity contribution in [1.29, 1.82) is 0 Å². The Labute approximate surface area is 143 Å². The van der Waals surface area contributed by atoms with Crippen molar-refractivity contribution in [2.45, 2.75) is 26.2 Å². The van der Waals surface area contributed by atoms with E-state index in [0.29, 0.717) is 5.92 Å². The predicted molar refractivity (Wildman–Crippen MR) is 103 cm³/mol. The summed E-state index contributed by atoms with van der Waals surface area (Å²) in [5.74, 6) is 0.448. The Morgan fingerprint density at radius 2 is 1.67 bits per heavy atom. The van der Waals surface area contributed by atoms with Crippen molar-refractivity contribution in [3.8, 4) is 0 Å². The molecule has 1 heterocycles. The van der Waals surface area contributed by atoms with E-state index in [0.717, 1.165) is 11.9 Å². The van der Waals surface area contributed by atoms with Gasteiger partial charge >= 0.3 is 0 Å². The zero-order chi connectivity index (χ0) is 16.5. The van der Waals surface area contributed by atoms with E-state index in [-0.39, 0.29) is 0 Å². The van der Waals surface area contributed by atoms with Crippen LogP contribution in [-0.2, 0) is 6.42 Å². The minimum absolute atomic E-state index is 0.448. The van der Waals surface area contributed by atoms with Crippen LogP contribution >= 0.6 is 0 Å². The van der Waals surface area contributed by atoms with Crippen LogP contribution in [0.3, 0.4) is 0 Å². The summed E-state index contributed by atoms with van der Waals surface area (Å²) in [6, 6.07) is 24.0. The quantitative estimate of drug-likeness (QED) is 0.449. The third-order valence-electron chi connectivity index (χ3n) is 4.78. The minimum Gasteiger partial charge on any atom is -0.256 e. The fourth-order valence-electron chi connectivity index (χ4n) is 3.37. The lowest BCUT2D eigenvalue weighted by Crippen LogP contribution is -1.99. The van der Waals surface area contributed by atoms with Crippen LogP contribution in [0, 0.1) is 6.92 Å². The van der Waals surface area contributed by atoms with Gasteiger partial charge in [0.05, 0.1) is 5.52 Å². The van der Waals surface area contributed by atoms with Gasteiger partial charge in [-0.15, -0.1) is 0 Å². The molecule has 1 heteroatoms. The fraction of sp³-hybridized carbons (Fsp3) is 0.174. The maximum Gasteiger partial charge on any atom is 0.0702 e. The molecule has 0 saturated heterocycles. The lowest BCUT2D eigenvalue weighted by atomic mass is 9.93. The Bertz CT molecular complexity index is 1020. The van der Waals surface area contributed by atoms with Crippen molar-refractivity contribution >= 4 is 21.7 Å². The second kappa shape index (κ2) is 6.09. The van der Waals surface area contributed by atoms with Gasteiger partial charge in [-0.25, -0.2) is 0 Å². The summed E-state index contributed by atoms with van der Waals surface area (Å²) in [5, 5.41) is 3.86. The number of fused-ring (bicyclic) bond motifs is 2. The van der Waals surface area contributed by atoms with E-state index in [9.17, 15) is 0 Å². The molecule has 0 aliphatic rings. The number of para-hydroxylation sites is 1. The number of aromatic nitrogens is 1. The Morgan fingerprint density at radius 3 is 2.58 bits per heavy atom. The maximum atomic E-state index is 4.61. The summed E-state index contributed by atoms with van der Waals surface area (Å²) in [6.45, 7) is 4.43. The molecule has 3 aromatic carbocycles. The molecule has 1 atom stereocenters. The van der Waals surface area contributed by atoms with Gasteiger partial charge in [0.15, 0.2) is 0 Å². The standard InChI is InChI=1S/C23H21N/c1-16-7-9-19-10-8-18(13-21(19)11-16)12-17(2)22-14-20-5-3-4-6-23(20)24-15-22/h3-11,13-15,17H,12H2,1-2H3. The number of rotatable bonds is 3. The first-order valence-corrected chi connectivity index (χ1v) is 8.53. The number of nitrogens with zero attached hydrogens (tertiary/aromatic N) is 1. The molecule has 0 aliphatic heterocycles. The molecule has 1 unspecified atom stereocenters. The predicted octanol–water partition coefficient (Wildman–Crippen LogP) is 6.04. The molecular formula is C23H21N. The molecule has 0 aliphatic carbocycles. The second-order valence-electron chi connectivity index (χ2n) is 6.75. The van der Waals surface area contributed by atoms with Gasteiger partial charge in [0.2, 0.25) is 0 Å². The molecule has 0 spiro atoms. The fourth-order valence-corrected chi connectivity index (χ4v) is 3.37. The van der Waals surface area contributed by atoms with Crippen LogP contribution in [0.1, 0.15) is 29.5 Å². The maximum absolute atomic E-state index is 4.61. The van der Waals surface area contributed by atoms with Crippen LogP contribution in [0.5, 0.6) is 0 Å². The Balaban J connectivity index is 1.63. The highest BCUT2D eigenvalue weighted by Crippen LogP contribution is 2.25. The zero-order valence-electron chi connectivity index (χ0n) is 14.2. The van der Waals surface area contributed by atoms with Crippen molar-refractivity contribution < 1.29 is 0 Å². The monoisotopic (exact) mass is 311 g/mol. The highest BCUT2D eigenvalue weighted by Gasteiger charge is 2.09. The average molecular weight is 311 g/mol. The number of pyridine rings is 1. The van der Waals surface area contributed by atoms with Gasteiger partial charge in [-0.1, -0.05) is 67.1 Å². The highest BCUT2D eigenvalue weighted by atomic mass is 14.6. The van der Waals surface area contributed by atoms with Gasteiger partial charge in [-0.05, 0) is 53.3 Å². The summed E-state index contributed by atoms with van der Waals surface area (Å²) < 4.78 is 0. The van der Waals surface area contributed by atoms with Gasteiger partial charge in [0, 0.05) is 11.6 Å². The molecule has 0 saturated carbocycles. The van der Waals surface area contributed by atoms with Crippen molar-refractivity contribution in [3.63, 3.8) is 0 Å². The number of hydrogen-bond acceptors (Lipinski definition) is 1. The first kappa shape index (κ1) is 14.9. The third kappa shape index (κ3) is 2.90. The lowest BCUT2D eigenvalue weighted by Gasteiger charge is -2.13. The topological polar surface area (TPSA) is 12.9 Å². The van der Waals surface area contributed by atoms with Crippen LogP contribution in [-0.4, -0.2) is 4.98 Å². The molecule has 0 fully saturated rings. The molecule has 24 heavy (non-hydrogen) atoms. The first-order chi connectivity index (χ1) is 11.7. The van der Waals surface area contributed by atoms with Crippen LogP contribution in [0.2, 0.25) is 0 Å². The second-order valence-corrected chi connectivity index (χ2v) is 6.75. The largest absolute Gasteiger partial charge is 0.256 e. The Kier molecular flexibility index (Phi) is 3.78. The van der Waals surface area contributed by atoms with E-state index in [1.54, 1.807) is 0 Å². The summed E-state index contributed by atoms with van der Waals surface area (Å²) in [6.07, 6.45) is 3.06. The van der Waals surface area contributed by atoms with Crippen LogP contribution in [0.25, 0.3) is 21.7 Å². The Morgan fingerprint density at radius 1 is 0.833 bits per heavy atom. The lowest BCUT2D eigenvalue weighted by molar-refractivity contribution is 0.757. The third-order valence-corrected chi connectivity index (χ3v) is 4.78. The molecule has 0 N–H and O–H groups in total. The summed E-state index contributed by atoms with van der Waals surface area (Å²) in [7, 11) is 0. The van der Waals surface area contributed by atoms with Gasteiger partial charge < -0.3 is 0 Å². The number of aryl methyl sites for hydroxylation is 1. The zero-order valence-corrected chi connectivity index (χ0v) is 14.2. The van der Waals surface area contributed by atoms with E-state index >= 15 is 0 Å². The SMILES string of the molecule is Cc1ccc2ccc(CC(C)c3cnc4ccccc4c3)cc2c1. The van der Waals surface area contributed by atoms with Gasteiger partial charge in [0.1, 0.15) is 0 Å². The molecule has 0 amide bonds. The van der Waals surface area contributed by atoms with E-state index in [4.69, 9.17) is 0 Å². The first-order valence-electron chi connectivity index (χ1n) is 8.53. The normalized spacial score (nSPS) is 12.6. The molecular weight excluding hydrogens is 290 g/mol. The molecule has 0 bridgehead atoms. The van der Waals surface area contributed by atoms with Crippen molar-refractivity contribution in [1.82, 2.24) is 4.98 Å². The average Bonchev–Trinajstić information content (AvgIpc) is 2.61. The van der Waals surface area contributed by atoms with Gasteiger partial charge in [0.25, 0.3) is 0 Å². The number of hydrogen-bond donors (Lipinski definition) is 0. The molecule has 4 aromatic rings. The van der Waals surface area contributed by atoms with Gasteiger partial charge in [-0.3, -0.25) is 4.98 Å². The van der Waals surface area contributed by atoms with Crippen molar-refractivity contribution in [3.05, 3.63) is 89.6 Å². The van der Waals surface area contributed by atoms with E-state index in [1.807, 2.05) is 12.3 Å². The van der Waals surface area contributed by atoms with E-state index in [2.05, 4.69) is 79.5 Å². The van der Waals surface area contributed by atoms with Crippen molar-refractivity contribution in [2.75, 3.05) is 0 Å². The molecule has 118 valence electrons. The number of benzene rings is 3. The molecule has 1 nitrogen and oxygen atoms in total. The van der Waals surface area contributed by atoms with Crippen LogP contribution < -0.4 is 0 Å². The van der Waals surface area contributed by atoms with E-state index < -0.39 is 0 Å². The van der Waals surface area contributed by atoms with Gasteiger partial charge in [-0.2, -0.15) is 0 Å². The highest BCUT2D eigenvalue weighted by molar-refractivity contribution is 5.84. The molecule has 0 radical (unpaired) electrons.